The van der Waals surface area contributed by atoms with E-state index in [0.29, 0.717) is 19.3 Å². The molecule has 0 saturated heterocycles. The van der Waals surface area contributed by atoms with Crippen molar-refractivity contribution in [1.82, 2.24) is 5.32 Å². The summed E-state index contributed by atoms with van der Waals surface area (Å²) in [6, 6.07) is -0.0600. The molecule has 1 saturated carbocycles. The van der Waals surface area contributed by atoms with Crippen LogP contribution in [-0.4, -0.2) is 28.5 Å². The Labute approximate surface area is 89.5 Å². The quantitative estimate of drug-likeness (QED) is 0.391. The van der Waals surface area contributed by atoms with Gasteiger partial charge in [0.15, 0.2) is 11.7 Å². The van der Waals surface area contributed by atoms with Crippen LogP contribution in [0.25, 0.3) is 0 Å². The van der Waals surface area contributed by atoms with Gasteiger partial charge in [-0.1, -0.05) is 13.8 Å². The van der Waals surface area contributed by atoms with Crippen LogP contribution in [0.1, 0.15) is 33.1 Å². The Hall–Kier alpha value is -1.10. The molecule has 1 aliphatic carbocycles. The first kappa shape index (κ1) is 12.0. The van der Waals surface area contributed by atoms with Crippen LogP contribution in [0.15, 0.2) is 0 Å². The normalized spacial score (nSPS) is 30.5. The molecule has 0 heterocycles. The van der Waals surface area contributed by atoms with Crippen LogP contribution in [-0.2, 0) is 4.79 Å². The molecule has 86 valence electrons. The van der Waals surface area contributed by atoms with Gasteiger partial charge in [0.05, 0.1) is 0 Å². The molecule has 0 radical (unpaired) electrons. The van der Waals surface area contributed by atoms with Crippen LogP contribution >= 0.6 is 0 Å². The highest BCUT2D eigenvalue weighted by atomic mass is 16.3. The van der Waals surface area contributed by atoms with Crippen molar-refractivity contribution < 1.29 is 9.90 Å². The summed E-state index contributed by atoms with van der Waals surface area (Å²) in [6.07, 6.45) is 1.48. The molecule has 1 rings (SSSR count). The second-order valence-electron chi connectivity index (χ2n) is 4.55. The van der Waals surface area contributed by atoms with E-state index in [4.69, 9.17) is 11.1 Å². The van der Waals surface area contributed by atoms with Crippen molar-refractivity contribution in [3.05, 3.63) is 0 Å². The third-order valence-electron chi connectivity index (χ3n) is 2.83. The van der Waals surface area contributed by atoms with Gasteiger partial charge in [-0.05, 0) is 12.8 Å². The number of ketones is 1. The van der Waals surface area contributed by atoms with Crippen molar-refractivity contribution in [2.24, 2.45) is 11.7 Å². The number of hydrogen-bond donors (Lipinski definition) is 4. The molecular formula is C10H19N3O2. The molecule has 0 aromatic rings. The Bertz CT molecular complexity index is 278. The number of carbonyl (C=O) groups excluding carboxylic acids is 1. The fourth-order valence-corrected chi connectivity index (χ4v) is 2.13. The standard InChI is InChI=1S/C10H19N3O2/c1-6(2)8(14)10(15)4-3-7(5-10)13-9(11)12/h6-7,15H,3-5H2,1-2H3,(H4,11,12,13). The van der Waals surface area contributed by atoms with Crippen LogP contribution in [0.2, 0.25) is 0 Å². The van der Waals surface area contributed by atoms with Crippen LogP contribution in [0.5, 0.6) is 0 Å². The largest absolute Gasteiger partial charge is 0.382 e. The molecule has 5 heteroatoms. The van der Waals surface area contributed by atoms with Gasteiger partial charge >= 0.3 is 0 Å². The van der Waals surface area contributed by atoms with Gasteiger partial charge in [-0.15, -0.1) is 0 Å². The number of aliphatic hydroxyl groups is 1. The maximum atomic E-state index is 11.7. The fraction of sp³-hybridized carbons (Fsp3) is 0.800. The summed E-state index contributed by atoms with van der Waals surface area (Å²) >= 11 is 0. The van der Waals surface area contributed by atoms with Crippen LogP contribution < -0.4 is 11.1 Å². The van der Waals surface area contributed by atoms with Crippen molar-refractivity contribution in [1.29, 1.82) is 5.41 Å². The van der Waals surface area contributed by atoms with Crippen molar-refractivity contribution in [3.8, 4) is 0 Å². The lowest BCUT2D eigenvalue weighted by Crippen LogP contribution is -2.43. The lowest BCUT2D eigenvalue weighted by molar-refractivity contribution is -0.140. The van der Waals surface area contributed by atoms with Crippen molar-refractivity contribution >= 4 is 11.7 Å². The summed E-state index contributed by atoms with van der Waals surface area (Å²) < 4.78 is 0. The number of nitrogens with one attached hydrogen (secondary N) is 2. The van der Waals surface area contributed by atoms with E-state index in [1.54, 1.807) is 13.8 Å². The molecule has 0 aromatic heterocycles. The van der Waals surface area contributed by atoms with E-state index in [-0.39, 0.29) is 23.7 Å². The average molecular weight is 213 g/mol. The summed E-state index contributed by atoms with van der Waals surface area (Å²) in [5.41, 5.74) is 3.98. The molecule has 1 aliphatic rings. The second-order valence-corrected chi connectivity index (χ2v) is 4.55. The van der Waals surface area contributed by atoms with E-state index >= 15 is 0 Å². The van der Waals surface area contributed by atoms with Crippen LogP contribution in [0.4, 0.5) is 0 Å². The molecule has 2 unspecified atom stereocenters. The number of rotatable bonds is 3. The van der Waals surface area contributed by atoms with E-state index < -0.39 is 5.60 Å². The molecule has 0 spiro atoms. The summed E-state index contributed by atoms with van der Waals surface area (Å²) in [4.78, 5) is 11.7. The Morgan fingerprint density at radius 3 is 2.73 bits per heavy atom. The number of carbonyl (C=O) groups is 1. The zero-order chi connectivity index (χ0) is 11.6. The first-order valence-corrected chi connectivity index (χ1v) is 5.22. The maximum Gasteiger partial charge on any atom is 0.185 e. The number of nitrogens with two attached hydrogens (primary N) is 1. The van der Waals surface area contributed by atoms with Gasteiger partial charge in [0.1, 0.15) is 5.60 Å². The highest BCUT2D eigenvalue weighted by molar-refractivity contribution is 5.89. The molecule has 0 aromatic carbocycles. The van der Waals surface area contributed by atoms with E-state index in [2.05, 4.69) is 5.32 Å². The first-order valence-electron chi connectivity index (χ1n) is 5.22. The van der Waals surface area contributed by atoms with Gasteiger partial charge in [0, 0.05) is 18.4 Å². The number of hydrogen-bond acceptors (Lipinski definition) is 3. The van der Waals surface area contributed by atoms with Crippen molar-refractivity contribution in [3.63, 3.8) is 0 Å². The Morgan fingerprint density at radius 1 is 1.67 bits per heavy atom. The monoisotopic (exact) mass is 213 g/mol. The number of Topliss-reactive ketones (excluding diaryl/α,β-unsaturated/α-hetero) is 1. The highest BCUT2D eigenvalue weighted by Gasteiger charge is 2.44. The minimum absolute atomic E-state index is 0.0600. The molecule has 0 amide bonds. The Kier molecular flexibility index (Phi) is 3.34. The minimum atomic E-state index is -1.22. The summed E-state index contributed by atoms with van der Waals surface area (Å²) in [5, 5.41) is 19.9. The predicted octanol–water partition coefficient (Wildman–Crippen LogP) is -0.0218. The van der Waals surface area contributed by atoms with E-state index in [9.17, 15) is 9.90 Å². The average Bonchev–Trinajstić information content (AvgIpc) is 2.46. The Morgan fingerprint density at radius 2 is 2.27 bits per heavy atom. The molecule has 5 N–H and O–H groups in total. The third-order valence-corrected chi connectivity index (χ3v) is 2.83. The molecule has 5 nitrogen and oxygen atoms in total. The second kappa shape index (κ2) is 4.18. The van der Waals surface area contributed by atoms with E-state index in [1.807, 2.05) is 0 Å². The summed E-state index contributed by atoms with van der Waals surface area (Å²) in [6.45, 7) is 3.57. The highest BCUT2D eigenvalue weighted by Crippen LogP contribution is 2.32. The molecule has 0 aliphatic heterocycles. The lowest BCUT2D eigenvalue weighted by Gasteiger charge is -2.23. The van der Waals surface area contributed by atoms with Gasteiger partial charge in [-0.3, -0.25) is 10.2 Å². The minimum Gasteiger partial charge on any atom is -0.382 e. The van der Waals surface area contributed by atoms with E-state index in [0.717, 1.165) is 0 Å². The molecule has 15 heavy (non-hydrogen) atoms. The van der Waals surface area contributed by atoms with Gasteiger partial charge in [0.25, 0.3) is 0 Å². The summed E-state index contributed by atoms with van der Waals surface area (Å²) in [5.74, 6) is -0.386. The zero-order valence-corrected chi connectivity index (χ0v) is 9.21. The Balaban J connectivity index is 2.60. The van der Waals surface area contributed by atoms with Crippen LogP contribution in [0.3, 0.4) is 0 Å². The SMILES string of the molecule is CC(C)C(=O)C1(O)CCC(NC(=N)N)C1. The fourth-order valence-electron chi connectivity index (χ4n) is 2.13. The zero-order valence-electron chi connectivity index (χ0n) is 9.21. The smallest absolute Gasteiger partial charge is 0.185 e. The van der Waals surface area contributed by atoms with Gasteiger partial charge in [0.2, 0.25) is 0 Å². The van der Waals surface area contributed by atoms with Crippen LogP contribution in [0, 0.1) is 11.3 Å². The van der Waals surface area contributed by atoms with Gasteiger partial charge in [-0.2, -0.15) is 0 Å². The molecule has 2 atom stereocenters. The predicted molar refractivity (Wildman–Crippen MR) is 57.5 cm³/mol. The third kappa shape index (κ3) is 2.68. The summed E-state index contributed by atoms with van der Waals surface area (Å²) in [7, 11) is 0. The van der Waals surface area contributed by atoms with Gasteiger partial charge < -0.3 is 16.2 Å². The first-order chi connectivity index (χ1) is 6.85. The van der Waals surface area contributed by atoms with E-state index in [1.165, 1.54) is 0 Å². The van der Waals surface area contributed by atoms with Crippen molar-refractivity contribution in [2.45, 2.75) is 44.8 Å². The maximum absolute atomic E-state index is 11.7. The molecule has 0 bridgehead atoms. The van der Waals surface area contributed by atoms with Gasteiger partial charge in [-0.25, -0.2) is 0 Å². The topological polar surface area (TPSA) is 99.2 Å². The molecule has 1 fully saturated rings. The lowest BCUT2D eigenvalue weighted by atomic mass is 9.89. The van der Waals surface area contributed by atoms with Crippen molar-refractivity contribution in [2.75, 3.05) is 0 Å². The number of guanidine groups is 1. The molecular weight excluding hydrogens is 194 g/mol.